The molecule has 1 aromatic carbocycles. The van der Waals surface area contributed by atoms with Crippen LogP contribution in [0.4, 0.5) is 10.7 Å². The summed E-state index contributed by atoms with van der Waals surface area (Å²) < 4.78 is 19.3. The number of nitrogens with two attached hydrogens (primary N) is 2. The van der Waals surface area contributed by atoms with Gasteiger partial charge in [-0.3, -0.25) is 13.9 Å². The zero-order valence-corrected chi connectivity index (χ0v) is 14.1. The van der Waals surface area contributed by atoms with Crippen molar-refractivity contribution in [1.29, 1.82) is 0 Å². The molecule has 3 rings (SSSR count). The number of thiophene rings is 1. The number of hydrogen-bond acceptors (Lipinski definition) is 6. The number of benzene rings is 1. The molecule has 2 aromatic rings. The molecule has 1 aliphatic heterocycles. The van der Waals surface area contributed by atoms with Crippen LogP contribution in [0, 0.1) is 0 Å². The second-order valence-electron chi connectivity index (χ2n) is 5.50. The molecule has 1 aliphatic rings. The van der Waals surface area contributed by atoms with E-state index in [4.69, 9.17) is 11.5 Å². The number of primary amides is 1. The Morgan fingerprint density at radius 1 is 1.17 bits per heavy atom. The molecule has 0 saturated carbocycles. The molecule has 1 amide bonds. The number of amides is 1. The summed E-state index contributed by atoms with van der Waals surface area (Å²) in [4.78, 5) is 14.3. The van der Waals surface area contributed by atoms with Gasteiger partial charge >= 0.3 is 0 Å². The fourth-order valence-corrected chi connectivity index (χ4v) is 4.73. The zero-order chi connectivity index (χ0) is 16.6. The standard InChI is InChI=1S/C15H19N3O3S2/c16-14(19)12-9-13(22-15(12)17)10-1-3-11(4-2-10)18-5-7-23(20,21)8-6-18/h1-4,9,20-21H,5-8,17H2,(H2,16,19). The van der Waals surface area contributed by atoms with Crippen molar-refractivity contribution in [3.63, 3.8) is 0 Å². The number of carbonyl (C=O) groups is 1. The van der Waals surface area contributed by atoms with Crippen LogP contribution in [0.3, 0.4) is 0 Å². The monoisotopic (exact) mass is 353 g/mol. The average molecular weight is 353 g/mol. The highest BCUT2D eigenvalue weighted by atomic mass is 32.3. The van der Waals surface area contributed by atoms with E-state index in [9.17, 15) is 13.9 Å². The lowest BCUT2D eigenvalue weighted by molar-refractivity contribution is 0.100. The van der Waals surface area contributed by atoms with Gasteiger partial charge < -0.3 is 16.4 Å². The van der Waals surface area contributed by atoms with E-state index in [1.165, 1.54) is 11.3 Å². The number of anilines is 2. The van der Waals surface area contributed by atoms with Gasteiger partial charge in [0.05, 0.1) is 22.1 Å². The Morgan fingerprint density at radius 3 is 2.30 bits per heavy atom. The van der Waals surface area contributed by atoms with E-state index in [2.05, 4.69) is 4.90 Å². The number of carbonyl (C=O) groups excluding carboxylic acids is 1. The molecule has 6 N–H and O–H groups in total. The smallest absolute Gasteiger partial charge is 0.251 e. The van der Waals surface area contributed by atoms with Gasteiger partial charge in [-0.2, -0.15) is 10.6 Å². The molecule has 1 saturated heterocycles. The van der Waals surface area contributed by atoms with Crippen LogP contribution >= 0.6 is 21.9 Å². The molecule has 2 heterocycles. The molecular formula is C15H19N3O3S2. The third kappa shape index (κ3) is 3.45. The SMILES string of the molecule is NC(=O)c1cc(-c2ccc(N3CCS(O)(O)CC3)cc2)sc1N. The number of hydrogen-bond donors (Lipinski definition) is 4. The van der Waals surface area contributed by atoms with Gasteiger partial charge in [0.2, 0.25) is 0 Å². The zero-order valence-electron chi connectivity index (χ0n) is 12.4. The van der Waals surface area contributed by atoms with Crippen LogP contribution in [0.25, 0.3) is 10.4 Å². The molecule has 0 bridgehead atoms. The minimum Gasteiger partial charge on any atom is -0.390 e. The molecule has 8 heteroatoms. The minimum absolute atomic E-state index is 0.357. The molecule has 0 unspecified atom stereocenters. The van der Waals surface area contributed by atoms with E-state index in [1.807, 2.05) is 24.3 Å². The second-order valence-corrected chi connectivity index (χ2v) is 9.00. The van der Waals surface area contributed by atoms with E-state index in [0.717, 1.165) is 16.1 Å². The molecule has 0 radical (unpaired) electrons. The van der Waals surface area contributed by atoms with Gasteiger partial charge in [0.15, 0.2) is 0 Å². The summed E-state index contributed by atoms with van der Waals surface area (Å²) >= 11 is 1.34. The number of rotatable bonds is 3. The maximum absolute atomic E-state index is 11.3. The third-order valence-corrected chi connectivity index (χ3v) is 6.61. The van der Waals surface area contributed by atoms with Crippen molar-refractivity contribution in [3.05, 3.63) is 35.9 Å². The lowest BCUT2D eigenvalue weighted by Gasteiger charge is -2.41. The summed E-state index contributed by atoms with van der Waals surface area (Å²) in [5.41, 5.74) is 13.5. The Balaban J connectivity index is 1.77. The number of nitrogen functional groups attached to an aromatic ring is 1. The minimum atomic E-state index is -2.38. The molecule has 0 aliphatic carbocycles. The van der Waals surface area contributed by atoms with Crippen molar-refractivity contribution >= 4 is 38.5 Å². The van der Waals surface area contributed by atoms with Crippen LogP contribution < -0.4 is 16.4 Å². The first kappa shape index (κ1) is 16.1. The van der Waals surface area contributed by atoms with E-state index in [1.54, 1.807) is 6.07 Å². The van der Waals surface area contributed by atoms with Crippen LogP contribution in [0.15, 0.2) is 30.3 Å². The first-order valence-electron chi connectivity index (χ1n) is 7.14. The Hall–Kier alpha value is -1.74. The highest BCUT2D eigenvalue weighted by Gasteiger charge is 2.22. The van der Waals surface area contributed by atoms with Crippen molar-refractivity contribution in [2.75, 3.05) is 35.2 Å². The Kier molecular flexibility index (Phi) is 4.24. The maximum atomic E-state index is 11.3. The van der Waals surface area contributed by atoms with Crippen molar-refractivity contribution in [2.24, 2.45) is 5.73 Å². The van der Waals surface area contributed by atoms with E-state index < -0.39 is 16.5 Å². The molecule has 1 fully saturated rings. The quantitative estimate of drug-likeness (QED) is 0.677. The van der Waals surface area contributed by atoms with Gasteiger partial charge in [0, 0.05) is 23.7 Å². The molecule has 1 aromatic heterocycles. The molecule has 23 heavy (non-hydrogen) atoms. The van der Waals surface area contributed by atoms with Crippen LogP contribution in [-0.4, -0.2) is 39.6 Å². The average Bonchev–Trinajstić information content (AvgIpc) is 2.90. The van der Waals surface area contributed by atoms with Gasteiger partial charge in [0.1, 0.15) is 0 Å². The van der Waals surface area contributed by atoms with Crippen molar-refractivity contribution in [2.45, 2.75) is 0 Å². The summed E-state index contributed by atoms with van der Waals surface area (Å²) in [6, 6.07) is 9.64. The summed E-state index contributed by atoms with van der Waals surface area (Å²) in [6.07, 6.45) is 0. The lowest BCUT2D eigenvalue weighted by atomic mass is 10.1. The van der Waals surface area contributed by atoms with E-state index >= 15 is 0 Å². The highest BCUT2D eigenvalue weighted by Crippen LogP contribution is 2.41. The first-order chi connectivity index (χ1) is 10.9. The fraction of sp³-hybridized carbons (Fsp3) is 0.267. The van der Waals surface area contributed by atoms with Crippen LogP contribution in [-0.2, 0) is 0 Å². The Morgan fingerprint density at radius 2 is 1.78 bits per heavy atom. The van der Waals surface area contributed by atoms with Gasteiger partial charge in [-0.25, -0.2) is 0 Å². The predicted octanol–water partition coefficient (Wildman–Crippen LogP) is 2.67. The van der Waals surface area contributed by atoms with Crippen molar-refractivity contribution in [3.8, 4) is 10.4 Å². The highest BCUT2D eigenvalue weighted by molar-refractivity contribution is 8.24. The Labute approximate surface area is 140 Å². The normalized spacial score (nSPS) is 18.6. The summed E-state index contributed by atoms with van der Waals surface area (Å²) in [6.45, 7) is 1.28. The van der Waals surface area contributed by atoms with Crippen LogP contribution in [0.2, 0.25) is 0 Å². The van der Waals surface area contributed by atoms with Crippen LogP contribution in [0.1, 0.15) is 10.4 Å². The van der Waals surface area contributed by atoms with Crippen molar-refractivity contribution < 1.29 is 13.9 Å². The third-order valence-electron chi connectivity index (χ3n) is 3.92. The molecule has 124 valence electrons. The van der Waals surface area contributed by atoms with E-state index in [0.29, 0.717) is 35.2 Å². The molecular weight excluding hydrogens is 334 g/mol. The van der Waals surface area contributed by atoms with Crippen LogP contribution in [0.5, 0.6) is 0 Å². The molecule has 0 atom stereocenters. The Bertz CT molecular complexity index is 718. The summed E-state index contributed by atoms with van der Waals surface area (Å²) in [7, 11) is -2.38. The largest absolute Gasteiger partial charge is 0.390 e. The van der Waals surface area contributed by atoms with Gasteiger partial charge in [0.25, 0.3) is 5.91 Å². The van der Waals surface area contributed by atoms with Gasteiger partial charge in [-0.1, -0.05) is 12.1 Å². The van der Waals surface area contributed by atoms with Gasteiger partial charge in [-0.05, 0) is 23.8 Å². The second kappa shape index (κ2) is 6.04. The van der Waals surface area contributed by atoms with E-state index in [-0.39, 0.29) is 0 Å². The first-order valence-corrected chi connectivity index (χ1v) is 9.84. The molecule has 6 nitrogen and oxygen atoms in total. The fourth-order valence-electron chi connectivity index (χ4n) is 2.56. The lowest BCUT2D eigenvalue weighted by Crippen LogP contribution is -2.38. The summed E-state index contributed by atoms with van der Waals surface area (Å²) in [5.74, 6) is 0.310. The number of nitrogens with zero attached hydrogens (tertiary/aromatic N) is 1. The topological polar surface area (TPSA) is 113 Å². The van der Waals surface area contributed by atoms with Gasteiger partial charge in [-0.15, -0.1) is 11.3 Å². The maximum Gasteiger partial charge on any atom is 0.251 e. The summed E-state index contributed by atoms with van der Waals surface area (Å²) in [5, 5.41) is 0.429. The van der Waals surface area contributed by atoms with Crippen molar-refractivity contribution in [1.82, 2.24) is 0 Å². The molecule has 0 spiro atoms. The predicted molar refractivity (Wildman–Crippen MR) is 97.5 cm³/mol.